The van der Waals surface area contributed by atoms with Crippen LogP contribution in [0.3, 0.4) is 0 Å². The van der Waals surface area contributed by atoms with Crippen molar-refractivity contribution in [2.75, 3.05) is 5.75 Å². The van der Waals surface area contributed by atoms with Crippen LogP contribution in [0.15, 0.2) is 30.3 Å². The van der Waals surface area contributed by atoms with Crippen molar-refractivity contribution in [1.82, 2.24) is 0 Å². The highest BCUT2D eigenvalue weighted by molar-refractivity contribution is 8.13. The summed E-state index contributed by atoms with van der Waals surface area (Å²) in [6.45, 7) is 0. The molecule has 0 aliphatic heterocycles. The maximum absolute atomic E-state index is 10.6. The first-order valence-electron chi connectivity index (χ1n) is 3.64. The number of benzene rings is 1. The van der Waals surface area contributed by atoms with Crippen molar-refractivity contribution in [2.45, 2.75) is 6.10 Å². The molecule has 1 aromatic carbocycles. The predicted octanol–water partition coefficient (Wildman–Crippen LogP) is 1.29. The first kappa shape index (κ1) is 10.5. The zero-order valence-corrected chi connectivity index (χ0v) is 8.29. The van der Waals surface area contributed by atoms with Crippen LogP contribution >= 0.6 is 10.7 Å². The van der Waals surface area contributed by atoms with Gasteiger partial charge in [-0.3, -0.25) is 0 Å². The van der Waals surface area contributed by atoms with Crippen LogP contribution in [0.2, 0.25) is 0 Å². The van der Waals surface area contributed by atoms with Crippen molar-refractivity contribution in [3.05, 3.63) is 35.9 Å². The lowest BCUT2D eigenvalue weighted by Crippen LogP contribution is -2.09. The lowest BCUT2D eigenvalue weighted by Gasteiger charge is -2.07. The lowest BCUT2D eigenvalue weighted by molar-refractivity contribution is 0.202. The highest BCUT2D eigenvalue weighted by atomic mass is 35.7. The molecular formula is C8H9ClO3S. The molecule has 0 saturated heterocycles. The number of hydrogen-bond acceptors (Lipinski definition) is 3. The summed E-state index contributed by atoms with van der Waals surface area (Å²) in [5.41, 5.74) is 0.548. The van der Waals surface area contributed by atoms with E-state index in [1.165, 1.54) is 0 Å². The minimum absolute atomic E-state index is 0.460. The molecule has 13 heavy (non-hydrogen) atoms. The summed E-state index contributed by atoms with van der Waals surface area (Å²) in [6, 6.07) is 8.52. The average molecular weight is 221 g/mol. The van der Waals surface area contributed by atoms with Crippen molar-refractivity contribution in [3.63, 3.8) is 0 Å². The molecule has 0 fully saturated rings. The van der Waals surface area contributed by atoms with Gasteiger partial charge in [0, 0.05) is 10.7 Å². The van der Waals surface area contributed by atoms with Crippen LogP contribution in [0.1, 0.15) is 11.7 Å². The third kappa shape index (κ3) is 3.76. The smallest absolute Gasteiger partial charge is 0.235 e. The van der Waals surface area contributed by atoms with Crippen molar-refractivity contribution in [2.24, 2.45) is 0 Å². The minimum atomic E-state index is -3.65. The topological polar surface area (TPSA) is 54.4 Å². The maximum atomic E-state index is 10.6. The second-order valence-corrected chi connectivity index (χ2v) is 5.45. The molecule has 0 aliphatic carbocycles. The van der Waals surface area contributed by atoms with Gasteiger partial charge >= 0.3 is 0 Å². The molecule has 0 saturated carbocycles. The van der Waals surface area contributed by atoms with Crippen molar-refractivity contribution >= 4 is 19.7 Å². The summed E-state index contributed by atoms with van der Waals surface area (Å²) in [5, 5.41) is 9.39. The van der Waals surface area contributed by atoms with Crippen LogP contribution in [0, 0.1) is 0 Å². The molecule has 1 N–H and O–H groups in total. The molecule has 0 aromatic heterocycles. The summed E-state index contributed by atoms with van der Waals surface area (Å²) >= 11 is 0. The lowest BCUT2D eigenvalue weighted by atomic mass is 10.1. The Balaban J connectivity index is 2.76. The average Bonchev–Trinajstić information content (AvgIpc) is 2.03. The van der Waals surface area contributed by atoms with E-state index in [4.69, 9.17) is 10.7 Å². The van der Waals surface area contributed by atoms with Crippen LogP contribution in [0.5, 0.6) is 0 Å². The first-order chi connectivity index (χ1) is 5.99. The van der Waals surface area contributed by atoms with Crippen molar-refractivity contribution in [3.8, 4) is 0 Å². The van der Waals surface area contributed by atoms with E-state index in [0.717, 1.165) is 0 Å². The number of hydrogen-bond donors (Lipinski definition) is 1. The zero-order valence-electron chi connectivity index (χ0n) is 6.72. The van der Waals surface area contributed by atoms with E-state index in [2.05, 4.69) is 0 Å². The molecule has 0 spiro atoms. The molecular weight excluding hydrogens is 212 g/mol. The number of rotatable bonds is 3. The second-order valence-electron chi connectivity index (χ2n) is 2.63. The van der Waals surface area contributed by atoms with Crippen LogP contribution in [-0.4, -0.2) is 19.3 Å². The van der Waals surface area contributed by atoms with Gasteiger partial charge in [-0.15, -0.1) is 0 Å². The van der Waals surface area contributed by atoms with E-state index in [1.807, 2.05) is 0 Å². The first-order valence-corrected chi connectivity index (χ1v) is 6.12. The van der Waals surface area contributed by atoms with E-state index in [0.29, 0.717) is 5.56 Å². The molecule has 0 radical (unpaired) electrons. The quantitative estimate of drug-likeness (QED) is 0.781. The molecule has 0 bridgehead atoms. The van der Waals surface area contributed by atoms with Gasteiger partial charge in [-0.05, 0) is 5.56 Å². The Kier molecular flexibility index (Phi) is 3.30. The van der Waals surface area contributed by atoms with Gasteiger partial charge in [0.15, 0.2) is 0 Å². The molecule has 1 aromatic rings. The fourth-order valence-electron chi connectivity index (χ4n) is 0.960. The minimum Gasteiger partial charge on any atom is -0.387 e. The van der Waals surface area contributed by atoms with Crippen LogP contribution in [0.4, 0.5) is 0 Å². The number of aliphatic hydroxyl groups is 1. The Labute approximate surface area is 81.4 Å². The van der Waals surface area contributed by atoms with Gasteiger partial charge in [-0.25, -0.2) is 8.42 Å². The van der Waals surface area contributed by atoms with E-state index in [9.17, 15) is 13.5 Å². The van der Waals surface area contributed by atoms with Gasteiger partial charge in [0.05, 0.1) is 11.9 Å². The molecule has 5 heteroatoms. The van der Waals surface area contributed by atoms with Crippen LogP contribution in [-0.2, 0) is 9.05 Å². The molecule has 72 valence electrons. The standard InChI is InChI=1S/C8H9ClO3S/c9-13(11,12)6-8(10)7-4-2-1-3-5-7/h1-5,8,10H,6H2. The summed E-state index contributed by atoms with van der Waals surface area (Å²) < 4.78 is 21.2. The summed E-state index contributed by atoms with van der Waals surface area (Å²) in [4.78, 5) is 0. The fraction of sp³-hybridized carbons (Fsp3) is 0.250. The summed E-state index contributed by atoms with van der Waals surface area (Å²) in [5.74, 6) is -0.460. The predicted molar refractivity (Wildman–Crippen MR) is 51.0 cm³/mol. The molecule has 0 heterocycles. The number of aliphatic hydroxyl groups excluding tert-OH is 1. The van der Waals surface area contributed by atoms with E-state index < -0.39 is 20.9 Å². The second kappa shape index (κ2) is 4.09. The molecule has 0 amide bonds. The third-order valence-electron chi connectivity index (χ3n) is 1.54. The SMILES string of the molecule is O=S(=O)(Cl)CC(O)c1ccccc1. The fourth-order valence-corrected chi connectivity index (χ4v) is 1.89. The normalized spacial score (nSPS) is 14.0. The Morgan fingerprint density at radius 2 is 1.85 bits per heavy atom. The number of halogens is 1. The van der Waals surface area contributed by atoms with Crippen LogP contribution in [0.25, 0.3) is 0 Å². The van der Waals surface area contributed by atoms with Crippen molar-refractivity contribution < 1.29 is 13.5 Å². The molecule has 1 unspecified atom stereocenters. The highest BCUT2D eigenvalue weighted by Gasteiger charge is 2.15. The van der Waals surface area contributed by atoms with Gasteiger partial charge in [-0.1, -0.05) is 30.3 Å². The van der Waals surface area contributed by atoms with Gasteiger partial charge < -0.3 is 5.11 Å². The van der Waals surface area contributed by atoms with Crippen molar-refractivity contribution in [1.29, 1.82) is 0 Å². The molecule has 3 nitrogen and oxygen atoms in total. The Morgan fingerprint density at radius 1 is 1.31 bits per heavy atom. The van der Waals surface area contributed by atoms with Gasteiger partial charge in [0.25, 0.3) is 0 Å². The summed E-state index contributed by atoms with van der Waals surface area (Å²) in [7, 11) is 1.34. The highest BCUT2D eigenvalue weighted by Crippen LogP contribution is 2.15. The van der Waals surface area contributed by atoms with Gasteiger partial charge in [0.2, 0.25) is 9.05 Å². The molecule has 1 atom stereocenters. The Morgan fingerprint density at radius 3 is 2.31 bits per heavy atom. The van der Waals surface area contributed by atoms with Gasteiger partial charge in [-0.2, -0.15) is 0 Å². The largest absolute Gasteiger partial charge is 0.387 e. The Bertz CT molecular complexity index is 360. The van der Waals surface area contributed by atoms with Gasteiger partial charge in [0.1, 0.15) is 0 Å². The molecule has 0 aliphatic rings. The van der Waals surface area contributed by atoms with E-state index in [-0.39, 0.29) is 0 Å². The van der Waals surface area contributed by atoms with E-state index >= 15 is 0 Å². The van der Waals surface area contributed by atoms with Crippen LogP contribution < -0.4 is 0 Å². The van der Waals surface area contributed by atoms with E-state index in [1.54, 1.807) is 30.3 Å². The third-order valence-corrected chi connectivity index (χ3v) is 2.63. The summed E-state index contributed by atoms with van der Waals surface area (Å²) in [6.07, 6.45) is -1.05. The molecule has 1 rings (SSSR count). The zero-order chi connectivity index (χ0) is 9.90. The maximum Gasteiger partial charge on any atom is 0.235 e. The monoisotopic (exact) mass is 220 g/mol. The Hall–Kier alpha value is -0.580.